The maximum Gasteiger partial charge on any atom is 0.335 e. The lowest BCUT2D eigenvalue weighted by atomic mass is 10.1. The van der Waals surface area contributed by atoms with Crippen molar-refractivity contribution >= 4 is 28.6 Å². The first-order chi connectivity index (χ1) is 15.1. The van der Waals surface area contributed by atoms with Gasteiger partial charge in [0.2, 0.25) is 0 Å². The van der Waals surface area contributed by atoms with E-state index in [9.17, 15) is 9.90 Å². The minimum atomic E-state index is -1.01. The van der Waals surface area contributed by atoms with Gasteiger partial charge < -0.3 is 5.11 Å². The third kappa shape index (κ3) is 3.62. The van der Waals surface area contributed by atoms with Gasteiger partial charge in [0.25, 0.3) is 0 Å². The summed E-state index contributed by atoms with van der Waals surface area (Å²) >= 11 is 6.02. The van der Waals surface area contributed by atoms with Crippen molar-refractivity contribution in [2.24, 2.45) is 0 Å². The second kappa shape index (κ2) is 7.62. The number of carboxylic acids is 1. The predicted molar refractivity (Wildman–Crippen MR) is 117 cm³/mol. The molecule has 0 aliphatic carbocycles. The van der Waals surface area contributed by atoms with E-state index < -0.39 is 5.97 Å². The standard InChI is InChI=1S/C23H14ClN5O2/c24-17-7-4-14(5-8-17)21-27-22(15-6-9-19-20(13-15)26-11-10-25-19)29(28-21)18-3-1-2-16(12-18)23(30)31/h1-13H,(H,30,31). The van der Waals surface area contributed by atoms with Gasteiger partial charge in [-0.25, -0.2) is 14.5 Å². The van der Waals surface area contributed by atoms with E-state index in [-0.39, 0.29) is 5.56 Å². The lowest BCUT2D eigenvalue weighted by Gasteiger charge is -2.07. The van der Waals surface area contributed by atoms with Crippen LogP contribution >= 0.6 is 11.6 Å². The second-order valence-corrected chi connectivity index (χ2v) is 7.23. The van der Waals surface area contributed by atoms with Gasteiger partial charge in [-0.2, -0.15) is 0 Å². The molecule has 150 valence electrons. The first-order valence-electron chi connectivity index (χ1n) is 9.36. The van der Waals surface area contributed by atoms with Crippen LogP contribution < -0.4 is 0 Å². The molecule has 31 heavy (non-hydrogen) atoms. The number of fused-ring (bicyclic) bond motifs is 1. The molecular weight excluding hydrogens is 414 g/mol. The normalized spacial score (nSPS) is 11.0. The Labute approximate surface area is 181 Å². The highest BCUT2D eigenvalue weighted by atomic mass is 35.5. The summed E-state index contributed by atoms with van der Waals surface area (Å²) in [4.78, 5) is 24.9. The second-order valence-electron chi connectivity index (χ2n) is 6.79. The zero-order valence-corrected chi connectivity index (χ0v) is 16.7. The van der Waals surface area contributed by atoms with E-state index in [0.717, 1.165) is 22.2 Å². The number of hydrogen-bond acceptors (Lipinski definition) is 5. The molecule has 5 aromatic rings. The lowest BCUT2D eigenvalue weighted by Crippen LogP contribution is -2.03. The topological polar surface area (TPSA) is 93.8 Å². The van der Waals surface area contributed by atoms with E-state index in [0.29, 0.717) is 22.4 Å². The third-order valence-corrected chi connectivity index (χ3v) is 5.03. The number of nitrogens with zero attached hydrogens (tertiary/aromatic N) is 5. The molecule has 7 nitrogen and oxygen atoms in total. The quantitative estimate of drug-likeness (QED) is 0.438. The van der Waals surface area contributed by atoms with Crippen LogP contribution in [0.5, 0.6) is 0 Å². The molecule has 0 radical (unpaired) electrons. The van der Waals surface area contributed by atoms with E-state index in [1.54, 1.807) is 47.4 Å². The summed E-state index contributed by atoms with van der Waals surface area (Å²) in [6.45, 7) is 0. The van der Waals surface area contributed by atoms with E-state index in [1.807, 2.05) is 30.3 Å². The van der Waals surface area contributed by atoms with Crippen LogP contribution in [0.2, 0.25) is 5.02 Å². The van der Waals surface area contributed by atoms with Crippen LogP contribution in [0.3, 0.4) is 0 Å². The maximum absolute atomic E-state index is 11.5. The Hall–Kier alpha value is -4.10. The van der Waals surface area contributed by atoms with E-state index >= 15 is 0 Å². The first-order valence-corrected chi connectivity index (χ1v) is 9.74. The summed E-state index contributed by atoms with van der Waals surface area (Å²) in [5.41, 5.74) is 3.81. The molecular formula is C23H14ClN5O2. The number of carboxylic acid groups (broad SMARTS) is 1. The van der Waals surface area contributed by atoms with Gasteiger partial charge in [0.05, 0.1) is 22.3 Å². The lowest BCUT2D eigenvalue weighted by molar-refractivity contribution is 0.0697. The number of halogens is 1. The molecule has 0 fully saturated rings. The summed E-state index contributed by atoms with van der Waals surface area (Å²) < 4.78 is 1.63. The fourth-order valence-corrected chi connectivity index (χ4v) is 3.40. The Bertz CT molecular complexity index is 1430. The Morgan fingerprint density at radius 2 is 1.61 bits per heavy atom. The third-order valence-electron chi connectivity index (χ3n) is 4.77. The molecule has 1 N–H and O–H groups in total. The van der Waals surface area contributed by atoms with E-state index in [2.05, 4.69) is 15.1 Å². The van der Waals surface area contributed by atoms with Gasteiger partial charge in [-0.1, -0.05) is 17.7 Å². The summed E-state index contributed by atoms with van der Waals surface area (Å²) in [6.07, 6.45) is 3.27. The van der Waals surface area contributed by atoms with Gasteiger partial charge in [0.15, 0.2) is 11.6 Å². The molecule has 0 amide bonds. The zero-order chi connectivity index (χ0) is 21.4. The molecule has 0 saturated carbocycles. The summed E-state index contributed by atoms with van der Waals surface area (Å²) in [5.74, 6) is 0.0362. The first kappa shape index (κ1) is 18.9. The monoisotopic (exact) mass is 427 g/mol. The summed E-state index contributed by atoms with van der Waals surface area (Å²) in [5, 5.41) is 14.7. The molecule has 0 saturated heterocycles. The predicted octanol–water partition coefficient (Wildman–Crippen LogP) is 4.90. The van der Waals surface area contributed by atoms with E-state index in [4.69, 9.17) is 16.6 Å². The Balaban J connectivity index is 1.72. The smallest absolute Gasteiger partial charge is 0.335 e. The van der Waals surface area contributed by atoms with Crippen molar-refractivity contribution < 1.29 is 9.90 Å². The van der Waals surface area contributed by atoms with Crippen LogP contribution in [0, 0.1) is 0 Å². The Kier molecular flexibility index (Phi) is 4.65. The summed E-state index contributed by atoms with van der Waals surface area (Å²) in [6, 6.07) is 19.4. The molecule has 5 rings (SSSR count). The van der Waals surface area contributed by atoms with E-state index in [1.165, 1.54) is 6.07 Å². The molecule has 0 spiro atoms. The molecule has 0 unspecified atom stereocenters. The highest BCUT2D eigenvalue weighted by Crippen LogP contribution is 2.28. The molecule has 3 aromatic carbocycles. The molecule has 0 atom stereocenters. The van der Waals surface area contributed by atoms with Gasteiger partial charge >= 0.3 is 5.97 Å². The number of aromatic nitrogens is 5. The number of hydrogen-bond donors (Lipinski definition) is 1. The average Bonchev–Trinajstić information content (AvgIpc) is 3.25. The van der Waals surface area contributed by atoms with Crippen molar-refractivity contribution in [3.05, 3.63) is 89.7 Å². The van der Waals surface area contributed by atoms with Crippen molar-refractivity contribution in [1.82, 2.24) is 24.7 Å². The average molecular weight is 428 g/mol. The molecule has 0 bridgehead atoms. The van der Waals surface area contributed by atoms with Crippen LogP contribution in [-0.4, -0.2) is 35.8 Å². The van der Waals surface area contributed by atoms with Crippen molar-refractivity contribution in [3.63, 3.8) is 0 Å². The zero-order valence-electron chi connectivity index (χ0n) is 16.0. The molecule has 2 heterocycles. The van der Waals surface area contributed by atoms with Crippen molar-refractivity contribution in [1.29, 1.82) is 0 Å². The van der Waals surface area contributed by atoms with Crippen LogP contribution in [0.4, 0.5) is 0 Å². The van der Waals surface area contributed by atoms with Gasteiger partial charge in [0.1, 0.15) is 0 Å². The van der Waals surface area contributed by atoms with Crippen LogP contribution in [0.15, 0.2) is 79.1 Å². The SMILES string of the molecule is O=C(O)c1cccc(-n2nc(-c3ccc(Cl)cc3)nc2-c2ccc3nccnc3c2)c1. The van der Waals surface area contributed by atoms with Gasteiger partial charge in [-0.15, -0.1) is 5.10 Å². The van der Waals surface area contributed by atoms with Crippen LogP contribution in [-0.2, 0) is 0 Å². The number of benzene rings is 3. The largest absolute Gasteiger partial charge is 0.478 e. The number of carbonyl (C=O) groups is 1. The number of rotatable bonds is 4. The number of aromatic carboxylic acids is 1. The fraction of sp³-hybridized carbons (Fsp3) is 0. The van der Waals surface area contributed by atoms with Gasteiger partial charge in [0, 0.05) is 28.5 Å². The summed E-state index contributed by atoms with van der Waals surface area (Å²) in [7, 11) is 0. The van der Waals surface area contributed by atoms with Crippen LogP contribution in [0.1, 0.15) is 10.4 Å². The molecule has 8 heteroatoms. The van der Waals surface area contributed by atoms with Crippen molar-refractivity contribution in [2.45, 2.75) is 0 Å². The Morgan fingerprint density at radius 3 is 2.39 bits per heavy atom. The van der Waals surface area contributed by atoms with Crippen molar-refractivity contribution in [2.75, 3.05) is 0 Å². The van der Waals surface area contributed by atoms with Crippen LogP contribution in [0.25, 0.3) is 39.5 Å². The highest BCUT2D eigenvalue weighted by molar-refractivity contribution is 6.30. The molecule has 0 aliphatic heterocycles. The maximum atomic E-state index is 11.5. The van der Waals surface area contributed by atoms with Gasteiger partial charge in [-0.3, -0.25) is 9.97 Å². The Morgan fingerprint density at radius 1 is 0.871 bits per heavy atom. The fourth-order valence-electron chi connectivity index (χ4n) is 3.27. The highest BCUT2D eigenvalue weighted by Gasteiger charge is 2.17. The minimum Gasteiger partial charge on any atom is -0.478 e. The minimum absolute atomic E-state index is 0.163. The van der Waals surface area contributed by atoms with Gasteiger partial charge in [-0.05, 0) is 60.7 Å². The van der Waals surface area contributed by atoms with Crippen molar-refractivity contribution in [3.8, 4) is 28.5 Å². The molecule has 2 aromatic heterocycles. The molecule has 0 aliphatic rings.